The Morgan fingerprint density at radius 1 is 1.40 bits per heavy atom. The van der Waals surface area contributed by atoms with Gasteiger partial charge in [0.25, 0.3) is 0 Å². The number of aryl methyl sites for hydroxylation is 1. The zero-order chi connectivity index (χ0) is 14.7. The van der Waals surface area contributed by atoms with Crippen molar-refractivity contribution in [2.45, 2.75) is 19.5 Å². The summed E-state index contributed by atoms with van der Waals surface area (Å²) in [6, 6.07) is 5.28. The van der Waals surface area contributed by atoms with Gasteiger partial charge in [0.1, 0.15) is 0 Å². The summed E-state index contributed by atoms with van der Waals surface area (Å²) in [5, 5.41) is 0.990. The van der Waals surface area contributed by atoms with E-state index < -0.39 is 0 Å². The average molecular weight is 312 g/mol. The molecule has 1 aromatic carbocycles. The molecule has 2 rings (SSSR count). The van der Waals surface area contributed by atoms with E-state index in [1.807, 2.05) is 30.8 Å². The minimum atomic E-state index is -0.107. The molecule has 0 aliphatic heterocycles. The van der Waals surface area contributed by atoms with E-state index in [2.05, 4.69) is 4.98 Å². The summed E-state index contributed by atoms with van der Waals surface area (Å²) in [5.41, 5.74) is 1.77. The van der Waals surface area contributed by atoms with Gasteiger partial charge in [-0.2, -0.15) is 0 Å². The molecule has 4 nitrogen and oxygen atoms in total. The molecule has 0 aliphatic rings. The van der Waals surface area contributed by atoms with Gasteiger partial charge in [0.05, 0.1) is 34.7 Å². The number of hydrogen-bond donors (Lipinski definition) is 0. The maximum atomic E-state index is 11.3. The van der Waals surface area contributed by atoms with Gasteiger partial charge in [-0.05, 0) is 24.6 Å². The SMILES string of the molecule is CC(c1ccc(Cl)c(Cl)c1)N(C=O)Cc1cn(C)cn1. The number of rotatable bonds is 5. The molecule has 1 unspecified atom stereocenters. The second-order valence-electron chi connectivity index (χ2n) is 4.66. The van der Waals surface area contributed by atoms with Crippen LogP contribution in [0.15, 0.2) is 30.7 Å². The number of carbonyl (C=O) groups excluding carboxylic acids is 1. The molecule has 0 fully saturated rings. The van der Waals surface area contributed by atoms with Crippen molar-refractivity contribution in [3.05, 3.63) is 52.0 Å². The molecule has 0 saturated heterocycles. The molecule has 1 aromatic heterocycles. The third kappa shape index (κ3) is 3.32. The van der Waals surface area contributed by atoms with Gasteiger partial charge in [0.15, 0.2) is 0 Å². The summed E-state index contributed by atoms with van der Waals surface area (Å²) in [6.45, 7) is 2.39. The average Bonchev–Trinajstić information content (AvgIpc) is 2.84. The van der Waals surface area contributed by atoms with Gasteiger partial charge in [-0.1, -0.05) is 29.3 Å². The topological polar surface area (TPSA) is 38.1 Å². The molecular formula is C14H15Cl2N3O. The normalized spacial score (nSPS) is 12.2. The molecule has 0 radical (unpaired) electrons. The first-order valence-corrected chi connectivity index (χ1v) is 6.89. The third-order valence-electron chi connectivity index (χ3n) is 3.16. The van der Waals surface area contributed by atoms with E-state index in [0.29, 0.717) is 16.6 Å². The Bertz CT molecular complexity index is 612. The van der Waals surface area contributed by atoms with Crippen molar-refractivity contribution >= 4 is 29.6 Å². The molecule has 0 spiro atoms. The van der Waals surface area contributed by atoms with Crippen LogP contribution in [0.25, 0.3) is 0 Å². The summed E-state index contributed by atoms with van der Waals surface area (Å²) in [7, 11) is 1.89. The van der Waals surface area contributed by atoms with Gasteiger partial charge in [-0.15, -0.1) is 0 Å². The van der Waals surface area contributed by atoms with Gasteiger partial charge in [0.2, 0.25) is 6.41 Å². The quantitative estimate of drug-likeness (QED) is 0.793. The number of halogens is 2. The van der Waals surface area contributed by atoms with Crippen LogP contribution in [0, 0.1) is 0 Å². The summed E-state index contributed by atoms with van der Waals surface area (Å²) in [4.78, 5) is 17.2. The van der Waals surface area contributed by atoms with Crippen LogP contribution < -0.4 is 0 Å². The van der Waals surface area contributed by atoms with E-state index >= 15 is 0 Å². The molecular weight excluding hydrogens is 297 g/mol. The lowest BCUT2D eigenvalue weighted by Gasteiger charge is -2.25. The van der Waals surface area contributed by atoms with Crippen LogP contribution in [0.4, 0.5) is 0 Å². The number of hydrogen-bond acceptors (Lipinski definition) is 2. The predicted octanol–water partition coefficient (Wildman–Crippen LogP) is 3.45. The Labute approximate surface area is 127 Å². The summed E-state index contributed by atoms with van der Waals surface area (Å²) in [6.07, 6.45) is 4.42. The van der Waals surface area contributed by atoms with Gasteiger partial charge < -0.3 is 9.47 Å². The highest BCUT2D eigenvalue weighted by Crippen LogP contribution is 2.28. The highest BCUT2D eigenvalue weighted by molar-refractivity contribution is 6.42. The Balaban J connectivity index is 2.17. The van der Waals surface area contributed by atoms with Crippen molar-refractivity contribution in [2.24, 2.45) is 7.05 Å². The zero-order valence-electron chi connectivity index (χ0n) is 11.3. The van der Waals surface area contributed by atoms with Gasteiger partial charge in [-0.25, -0.2) is 4.98 Å². The Kier molecular flexibility index (Phi) is 4.68. The van der Waals surface area contributed by atoms with E-state index in [4.69, 9.17) is 23.2 Å². The van der Waals surface area contributed by atoms with Crippen LogP contribution in [0.5, 0.6) is 0 Å². The largest absolute Gasteiger partial charge is 0.340 e. The minimum Gasteiger partial charge on any atom is -0.340 e. The Morgan fingerprint density at radius 3 is 2.70 bits per heavy atom. The molecule has 2 aromatic rings. The van der Waals surface area contributed by atoms with E-state index in [-0.39, 0.29) is 6.04 Å². The number of benzene rings is 1. The highest BCUT2D eigenvalue weighted by Gasteiger charge is 2.16. The first-order valence-electron chi connectivity index (χ1n) is 6.14. The van der Waals surface area contributed by atoms with Crippen LogP contribution in [-0.4, -0.2) is 20.9 Å². The molecule has 0 aliphatic carbocycles. The third-order valence-corrected chi connectivity index (χ3v) is 3.90. The number of imidazole rings is 1. The number of nitrogens with zero attached hydrogens (tertiary/aromatic N) is 3. The van der Waals surface area contributed by atoms with E-state index in [0.717, 1.165) is 17.7 Å². The Morgan fingerprint density at radius 2 is 2.15 bits per heavy atom. The second kappa shape index (κ2) is 6.29. The van der Waals surface area contributed by atoms with Crippen LogP contribution in [0.2, 0.25) is 10.0 Å². The standard InChI is InChI=1S/C14H15Cl2N3O/c1-10(11-3-4-13(15)14(16)5-11)19(9-20)7-12-6-18(2)8-17-12/h3-6,8-10H,7H2,1-2H3. The highest BCUT2D eigenvalue weighted by atomic mass is 35.5. The molecule has 6 heteroatoms. The molecule has 0 N–H and O–H groups in total. The molecule has 1 amide bonds. The van der Waals surface area contributed by atoms with Crippen molar-refractivity contribution in [2.75, 3.05) is 0 Å². The van der Waals surface area contributed by atoms with Crippen molar-refractivity contribution in [1.82, 2.24) is 14.5 Å². The lowest BCUT2D eigenvalue weighted by molar-refractivity contribution is -0.120. The fourth-order valence-corrected chi connectivity index (χ4v) is 2.27. The Hall–Kier alpha value is -1.52. The number of amides is 1. The van der Waals surface area contributed by atoms with Crippen LogP contribution in [0.1, 0.15) is 24.2 Å². The summed E-state index contributed by atoms with van der Waals surface area (Å²) < 4.78 is 1.85. The van der Waals surface area contributed by atoms with Crippen LogP contribution >= 0.6 is 23.2 Å². The van der Waals surface area contributed by atoms with Crippen molar-refractivity contribution < 1.29 is 4.79 Å². The number of carbonyl (C=O) groups is 1. The van der Waals surface area contributed by atoms with Gasteiger partial charge in [-0.3, -0.25) is 4.79 Å². The molecule has 0 bridgehead atoms. The monoisotopic (exact) mass is 311 g/mol. The fourth-order valence-electron chi connectivity index (χ4n) is 1.96. The fraction of sp³-hybridized carbons (Fsp3) is 0.286. The first kappa shape index (κ1) is 14.9. The molecule has 106 valence electrons. The summed E-state index contributed by atoms with van der Waals surface area (Å²) in [5.74, 6) is 0. The summed E-state index contributed by atoms with van der Waals surface area (Å²) >= 11 is 11.9. The van der Waals surface area contributed by atoms with Crippen LogP contribution in [-0.2, 0) is 18.4 Å². The smallest absolute Gasteiger partial charge is 0.210 e. The maximum Gasteiger partial charge on any atom is 0.210 e. The van der Waals surface area contributed by atoms with Crippen molar-refractivity contribution in [3.63, 3.8) is 0 Å². The predicted molar refractivity (Wildman–Crippen MR) is 79.7 cm³/mol. The lowest BCUT2D eigenvalue weighted by atomic mass is 10.1. The molecule has 20 heavy (non-hydrogen) atoms. The zero-order valence-corrected chi connectivity index (χ0v) is 12.8. The minimum absolute atomic E-state index is 0.107. The van der Waals surface area contributed by atoms with Gasteiger partial charge in [0, 0.05) is 13.2 Å². The molecule has 0 saturated carbocycles. The lowest BCUT2D eigenvalue weighted by Crippen LogP contribution is -2.25. The molecule has 1 atom stereocenters. The van der Waals surface area contributed by atoms with Crippen molar-refractivity contribution in [3.8, 4) is 0 Å². The second-order valence-corrected chi connectivity index (χ2v) is 5.47. The van der Waals surface area contributed by atoms with Crippen molar-refractivity contribution in [1.29, 1.82) is 0 Å². The van der Waals surface area contributed by atoms with E-state index in [1.165, 1.54) is 0 Å². The molecule has 1 heterocycles. The number of aromatic nitrogens is 2. The maximum absolute atomic E-state index is 11.3. The van der Waals surface area contributed by atoms with Crippen LogP contribution in [0.3, 0.4) is 0 Å². The first-order chi connectivity index (χ1) is 9.51. The van der Waals surface area contributed by atoms with Gasteiger partial charge >= 0.3 is 0 Å². The van der Waals surface area contributed by atoms with E-state index in [9.17, 15) is 4.79 Å². The van der Waals surface area contributed by atoms with E-state index in [1.54, 1.807) is 23.4 Å².